The first-order valence-corrected chi connectivity index (χ1v) is 14.5. The average molecular weight is 671 g/mol. The van der Waals surface area contributed by atoms with Crippen LogP contribution in [0.25, 0.3) is 22.1 Å². The molecule has 16 nitrogen and oxygen atoms in total. The summed E-state index contributed by atoms with van der Waals surface area (Å²) in [5, 5.41) is 10.0. The average Bonchev–Trinajstić information content (AvgIpc) is 3.01. The lowest BCUT2D eigenvalue weighted by molar-refractivity contribution is -0.288. The maximum Gasteiger partial charge on any atom is 0.372 e. The lowest BCUT2D eigenvalue weighted by atomic mass is 9.98. The number of rotatable bonds is 9. The Labute approximate surface area is 271 Å². The Bertz CT molecular complexity index is 1830. The van der Waals surface area contributed by atoms with E-state index in [1.807, 2.05) is 0 Å². The summed E-state index contributed by atoms with van der Waals surface area (Å²) in [6, 6.07) is 8.45. The highest BCUT2D eigenvalue weighted by atomic mass is 16.7. The van der Waals surface area contributed by atoms with Crippen LogP contribution in [0.15, 0.2) is 45.6 Å². The molecule has 1 aromatic heterocycles. The molecule has 0 aliphatic carbocycles. The van der Waals surface area contributed by atoms with Crippen LogP contribution in [0.5, 0.6) is 17.2 Å². The van der Waals surface area contributed by atoms with Gasteiger partial charge in [0.25, 0.3) is 0 Å². The predicted octanol–water partition coefficient (Wildman–Crippen LogP) is 2.39. The van der Waals surface area contributed by atoms with Gasteiger partial charge in [-0.3, -0.25) is 24.0 Å². The molecule has 48 heavy (non-hydrogen) atoms. The lowest BCUT2D eigenvalue weighted by Gasteiger charge is -2.43. The fraction of sp³-hybridized carbons (Fsp3) is 0.375. The van der Waals surface area contributed by atoms with E-state index in [9.17, 15) is 33.9 Å². The molecule has 0 saturated carbocycles. The minimum absolute atomic E-state index is 0.00113. The molecule has 2 aliphatic heterocycles. The zero-order valence-corrected chi connectivity index (χ0v) is 26.0. The predicted molar refractivity (Wildman–Crippen MR) is 158 cm³/mol. The minimum atomic E-state index is -1.58. The van der Waals surface area contributed by atoms with Crippen molar-refractivity contribution in [3.63, 3.8) is 0 Å². The maximum absolute atomic E-state index is 13.7. The second kappa shape index (κ2) is 14.0. The van der Waals surface area contributed by atoms with E-state index in [1.54, 1.807) is 6.07 Å². The number of hydrogen-bond donors (Lipinski definition) is 1. The van der Waals surface area contributed by atoms with Crippen LogP contribution in [0.2, 0.25) is 0 Å². The van der Waals surface area contributed by atoms with Gasteiger partial charge in [0.2, 0.25) is 23.6 Å². The minimum Gasteiger partial charge on any atom is -0.486 e. The van der Waals surface area contributed by atoms with Crippen LogP contribution in [0.3, 0.4) is 0 Å². The summed E-state index contributed by atoms with van der Waals surface area (Å²) in [5.74, 6) is -4.63. The van der Waals surface area contributed by atoms with Crippen LogP contribution in [0, 0.1) is 0 Å². The fourth-order valence-electron chi connectivity index (χ4n) is 5.28. The third kappa shape index (κ3) is 7.33. The third-order valence-electron chi connectivity index (χ3n) is 7.09. The van der Waals surface area contributed by atoms with Gasteiger partial charge >= 0.3 is 29.8 Å². The Morgan fingerprint density at radius 2 is 1.44 bits per heavy atom. The smallest absolute Gasteiger partial charge is 0.372 e. The van der Waals surface area contributed by atoms with Crippen molar-refractivity contribution in [1.82, 2.24) is 0 Å². The van der Waals surface area contributed by atoms with E-state index in [0.29, 0.717) is 18.1 Å². The molecule has 0 amide bonds. The van der Waals surface area contributed by atoms with Crippen molar-refractivity contribution in [3.8, 4) is 28.4 Å². The SMILES string of the molecule is CC(=O)OC[C@H]1O[C@@H](Oc2ccc3c(=O)c(-c4ccc5c(c4)OCCO5)c(C(=O)O)oc3c2)[C@H](OC(C)=O)[C@@H](OC(C)=O)[C@@H]1OC(C)=O. The van der Waals surface area contributed by atoms with Crippen molar-refractivity contribution in [2.24, 2.45) is 0 Å². The molecule has 0 unspecified atom stereocenters. The van der Waals surface area contributed by atoms with Gasteiger partial charge in [-0.15, -0.1) is 0 Å². The summed E-state index contributed by atoms with van der Waals surface area (Å²) in [6.07, 6.45) is -7.27. The van der Waals surface area contributed by atoms with Gasteiger partial charge in [-0.05, 0) is 29.8 Å². The summed E-state index contributed by atoms with van der Waals surface area (Å²) in [4.78, 5) is 73.8. The van der Waals surface area contributed by atoms with E-state index in [1.165, 1.54) is 30.3 Å². The number of aromatic carboxylic acids is 1. The molecule has 16 heteroatoms. The highest BCUT2D eigenvalue weighted by molar-refractivity contribution is 5.97. The first kappa shape index (κ1) is 33.7. The molecule has 5 rings (SSSR count). The molecule has 1 N–H and O–H groups in total. The third-order valence-corrected chi connectivity index (χ3v) is 7.09. The van der Waals surface area contributed by atoms with Gasteiger partial charge < -0.3 is 47.4 Å². The Kier molecular flexibility index (Phi) is 9.84. The number of carbonyl (C=O) groups excluding carboxylic acids is 4. The van der Waals surface area contributed by atoms with E-state index < -0.39 is 78.3 Å². The van der Waals surface area contributed by atoms with Crippen LogP contribution >= 0.6 is 0 Å². The second-order valence-electron chi connectivity index (χ2n) is 10.6. The van der Waals surface area contributed by atoms with Crippen molar-refractivity contribution in [2.45, 2.75) is 58.4 Å². The van der Waals surface area contributed by atoms with Crippen molar-refractivity contribution in [3.05, 3.63) is 52.4 Å². The summed E-state index contributed by atoms with van der Waals surface area (Å²) in [6.45, 7) is 4.51. The first-order valence-electron chi connectivity index (χ1n) is 14.5. The number of carboxylic acids is 1. The van der Waals surface area contributed by atoms with Gasteiger partial charge in [-0.2, -0.15) is 0 Å². The topological polar surface area (TPSA) is 210 Å². The number of ether oxygens (including phenoxy) is 8. The molecule has 0 radical (unpaired) electrons. The van der Waals surface area contributed by atoms with E-state index in [-0.39, 0.29) is 34.5 Å². The van der Waals surface area contributed by atoms with Crippen molar-refractivity contribution in [1.29, 1.82) is 0 Å². The van der Waals surface area contributed by atoms with E-state index in [0.717, 1.165) is 27.7 Å². The molecular formula is C32H30O16. The Morgan fingerprint density at radius 3 is 2.08 bits per heavy atom. The van der Waals surface area contributed by atoms with E-state index in [4.69, 9.17) is 42.3 Å². The molecule has 0 bridgehead atoms. The molecule has 1 fully saturated rings. The fourth-order valence-corrected chi connectivity index (χ4v) is 5.28. The first-order chi connectivity index (χ1) is 22.8. The normalized spacial score (nSPS) is 21.5. The number of benzene rings is 2. The van der Waals surface area contributed by atoms with Crippen molar-refractivity contribution >= 4 is 40.8 Å². The van der Waals surface area contributed by atoms with E-state index >= 15 is 0 Å². The summed E-state index contributed by atoms with van der Waals surface area (Å²) >= 11 is 0. The highest BCUT2D eigenvalue weighted by Crippen LogP contribution is 2.36. The molecule has 254 valence electrons. The summed E-state index contributed by atoms with van der Waals surface area (Å²) in [7, 11) is 0. The summed E-state index contributed by atoms with van der Waals surface area (Å²) in [5.41, 5.74) is -0.837. The standard InChI is InChI=1S/C32H30O16/c1-14(33)42-13-24-27(43-15(2)34)29(44-16(3)35)30(45-17(4)36)32(48-24)46-19-6-7-20-22(12-19)47-28(31(38)39)25(26(20)37)18-5-8-21-23(11-18)41-10-9-40-21/h5-8,11-12,24,27,29-30,32H,9-10,13H2,1-4H3,(H,38,39)/t24-,27-,29+,30-,32-/m1/s1. The lowest BCUT2D eigenvalue weighted by Crippen LogP contribution is -2.63. The van der Waals surface area contributed by atoms with Gasteiger partial charge in [0.05, 0.1) is 10.9 Å². The number of hydrogen-bond acceptors (Lipinski definition) is 15. The molecule has 1 saturated heterocycles. The molecular weight excluding hydrogens is 640 g/mol. The Balaban J connectivity index is 1.55. The van der Waals surface area contributed by atoms with Crippen LogP contribution in [-0.4, -0.2) is 85.5 Å². The molecule has 0 spiro atoms. The Morgan fingerprint density at radius 1 is 0.792 bits per heavy atom. The van der Waals surface area contributed by atoms with Crippen LogP contribution in [0.1, 0.15) is 38.2 Å². The Hall–Kier alpha value is -5.64. The highest BCUT2D eigenvalue weighted by Gasteiger charge is 2.53. The molecule has 3 aromatic rings. The van der Waals surface area contributed by atoms with Gasteiger partial charge in [-0.25, -0.2) is 4.79 Å². The second-order valence-corrected chi connectivity index (χ2v) is 10.6. The number of esters is 4. The molecule has 2 aromatic carbocycles. The van der Waals surface area contributed by atoms with Crippen molar-refractivity contribution < 1.29 is 71.4 Å². The zero-order chi connectivity index (χ0) is 34.7. The number of fused-ring (bicyclic) bond motifs is 2. The quantitative estimate of drug-likeness (QED) is 0.256. The molecule has 2 aliphatic rings. The van der Waals surface area contributed by atoms with Crippen LogP contribution in [0.4, 0.5) is 0 Å². The molecule has 5 atom stereocenters. The van der Waals surface area contributed by atoms with Gasteiger partial charge in [0.1, 0.15) is 37.3 Å². The maximum atomic E-state index is 13.7. The van der Waals surface area contributed by atoms with E-state index in [2.05, 4.69) is 0 Å². The van der Waals surface area contributed by atoms with Gasteiger partial charge in [-0.1, -0.05) is 6.07 Å². The summed E-state index contributed by atoms with van der Waals surface area (Å²) < 4.78 is 50.0. The number of carboxylic acid groups (broad SMARTS) is 1. The largest absolute Gasteiger partial charge is 0.486 e. The number of carbonyl (C=O) groups is 5. The van der Waals surface area contributed by atoms with Crippen LogP contribution in [-0.2, 0) is 42.9 Å². The van der Waals surface area contributed by atoms with Crippen molar-refractivity contribution in [2.75, 3.05) is 19.8 Å². The zero-order valence-electron chi connectivity index (χ0n) is 26.0. The van der Waals surface area contributed by atoms with Crippen LogP contribution < -0.4 is 19.6 Å². The van der Waals surface area contributed by atoms with Gasteiger partial charge in [0, 0.05) is 33.8 Å². The monoisotopic (exact) mass is 670 g/mol. The molecule has 3 heterocycles. The van der Waals surface area contributed by atoms with Gasteiger partial charge in [0.15, 0.2) is 23.7 Å².